The second-order valence-corrected chi connectivity index (χ2v) is 5.20. The van der Waals surface area contributed by atoms with Gasteiger partial charge in [-0.05, 0) is 24.3 Å². The lowest BCUT2D eigenvalue weighted by atomic mass is 9.74. The van der Waals surface area contributed by atoms with E-state index in [9.17, 15) is 0 Å². The molecule has 1 saturated heterocycles. The van der Waals surface area contributed by atoms with E-state index in [1.54, 1.807) is 12.3 Å². The summed E-state index contributed by atoms with van der Waals surface area (Å²) in [6.07, 6.45) is 8.47. The van der Waals surface area contributed by atoms with Crippen LogP contribution >= 0.6 is 0 Å². The van der Waals surface area contributed by atoms with Crippen LogP contribution in [0.1, 0.15) is 45.1 Å². The van der Waals surface area contributed by atoms with Gasteiger partial charge in [0.15, 0.2) is 0 Å². The van der Waals surface area contributed by atoms with Gasteiger partial charge < -0.3 is 4.90 Å². The Labute approximate surface area is 109 Å². The first-order valence-electron chi connectivity index (χ1n) is 6.84. The molecule has 1 aromatic heterocycles. The first-order valence-corrected chi connectivity index (χ1v) is 6.84. The molecule has 1 fully saturated rings. The van der Waals surface area contributed by atoms with Gasteiger partial charge in [0.05, 0.1) is 17.4 Å². The standard InChI is InChI=1S/C15H21N3/c1-3-15(4-2)6-9-18(10-7-15)14-12-17-8-5-13(14)11-16/h5,8,12H,3-4,6-7,9-10H2,1-2H3. The molecule has 0 spiro atoms. The summed E-state index contributed by atoms with van der Waals surface area (Å²) >= 11 is 0. The van der Waals surface area contributed by atoms with Crippen LogP contribution in [0.25, 0.3) is 0 Å². The second-order valence-electron chi connectivity index (χ2n) is 5.20. The number of nitrogens with zero attached hydrogens (tertiary/aromatic N) is 3. The van der Waals surface area contributed by atoms with Crippen LogP contribution in [0.5, 0.6) is 0 Å². The molecule has 3 heteroatoms. The lowest BCUT2D eigenvalue weighted by Crippen LogP contribution is -2.40. The molecule has 0 atom stereocenters. The Morgan fingerprint density at radius 3 is 2.56 bits per heavy atom. The third-order valence-electron chi connectivity index (χ3n) is 4.59. The molecule has 1 aliphatic heterocycles. The molecule has 0 aromatic carbocycles. The molecule has 2 rings (SSSR count). The SMILES string of the molecule is CCC1(CC)CCN(c2cnccc2C#N)CC1. The van der Waals surface area contributed by atoms with Crippen molar-refractivity contribution in [1.82, 2.24) is 4.98 Å². The van der Waals surface area contributed by atoms with E-state index in [1.165, 1.54) is 25.7 Å². The number of pyridine rings is 1. The molecule has 0 radical (unpaired) electrons. The minimum atomic E-state index is 0.519. The van der Waals surface area contributed by atoms with E-state index in [2.05, 4.69) is 29.8 Å². The Bertz CT molecular complexity index is 433. The number of aromatic nitrogens is 1. The van der Waals surface area contributed by atoms with Gasteiger partial charge in [-0.1, -0.05) is 26.7 Å². The molecular weight excluding hydrogens is 222 g/mol. The van der Waals surface area contributed by atoms with Crippen molar-refractivity contribution >= 4 is 5.69 Å². The number of nitriles is 1. The first kappa shape index (κ1) is 12.9. The molecule has 1 aliphatic rings. The summed E-state index contributed by atoms with van der Waals surface area (Å²) in [7, 11) is 0. The molecule has 3 nitrogen and oxygen atoms in total. The van der Waals surface area contributed by atoms with Gasteiger partial charge >= 0.3 is 0 Å². The monoisotopic (exact) mass is 243 g/mol. The molecule has 0 aliphatic carbocycles. The van der Waals surface area contributed by atoms with Gasteiger partial charge in [0, 0.05) is 19.3 Å². The van der Waals surface area contributed by atoms with E-state index in [0.29, 0.717) is 5.41 Å². The molecule has 0 amide bonds. The molecule has 1 aromatic rings. The molecule has 0 unspecified atom stereocenters. The smallest absolute Gasteiger partial charge is 0.101 e. The van der Waals surface area contributed by atoms with E-state index in [1.807, 2.05) is 6.20 Å². The quantitative estimate of drug-likeness (QED) is 0.817. The zero-order chi connectivity index (χ0) is 13.0. The Kier molecular flexibility index (Phi) is 3.86. The Morgan fingerprint density at radius 1 is 1.33 bits per heavy atom. The van der Waals surface area contributed by atoms with Crippen molar-refractivity contribution in [2.75, 3.05) is 18.0 Å². The normalized spacial score (nSPS) is 18.4. The number of hydrogen-bond donors (Lipinski definition) is 0. The van der Waals surface area contributed by atoms with Gasteiger partial charge in [0.25, 0.3) is 0 Å². The summed E-state index contributed by atoms with van der Waals surface area (Å²) < 4.78 is 0. The van der Waals surface area contributed by atoms with Crippen molar-refractivity contribution in [3.05, 3.63) is 24.0 Å². The van der Waals surface area contributed by atoms with Crippen molar-refractivity contribution in [1.29, 1.82) is 5.26 Å². The minimum absolute atomic E-state index is 0.519. The van der Waals surface area contributed by atoms with Crippen LogP contribution in [0.4, 0.5) is 5.69 Å². The molecule has 2 heterocycles. The maximum Gasteiger partial charge on any atom is 0.101 e. The lowest BCUT2D eigenvalue weighted by Gasteiger charge is -2.42. The van der Waals surface area contributed by atoms with Gasteiger partial charge in [-0.25, -0.2) is 0 Å². The van der Waals surface area contributed by atoms with Gasteiger partial charge in [0.2, 0.25) is 0 Å². The van der Waals surface area contributed by atoms with Gasteiger partial charge in [-0.2, -0.15) is 5.26 Å². The van der Waals surface area contributed by atoms with Crippen LogP contribution in [0, 0.1) is 16.7 Å². The van der Waals surface area contributed by atoms with Crippen LogP contribution < -0.4 is 4.90 Å². The van der Waals surface area contributed by atoms with E-state index in [0.717, 1.165) is 24.3 Å². The predicted molar refractivity (Wildman–Crippen MR) is 73.4 cm³/mol. The maximum atomic E-state index is 9.14. The molecule has 96 valence electrons. The van der Waals surface area contributed by atoms with Crippen LogP contribution in [0.15, 0.2) is 18.5 Å². The summed E-state index contributed by atoms with van der Waals surface area (Å²) in [5.74, 6) is 0. The van der Waals surface area contributed by atoms with Crippen LogP contribution in [0.2, 0.25) is 0 Å². The number of rotatable bonds is 3. The zero-order valence-electron chi connectivity index (χ0n) is 11.3. The van der Waals surface area contributed by atoms with Crippen LogP contribution in [-0.2, 0) is 0 Å². The van der Waals surface area contributed by atoms with Crippen molar-refractivity contribution in [2.24, 2.45) is 5.41 Å². The van der Waals surface area contributed by atoms with Gasteiger partial charge in [-0.3, -0.25) is 4.98 Å². The van der Waals surface area contributed by atoms with E-state index < -0.39 is 0 Å². The van der Waals surface area contributed by atoms with Crippen molar-refractivity contribution in [3.8, 4) is 6.07 Å². The lowest BCUT2D eigenvalue weighted by molar-refractivity contribution is 0.199. The topological polar surface area (TPSA) is 39.9 Å². The third-order valence-corrected chi connectivity index (χ3v) is 4.59. The summed E-state index contributed by atoms with van der Waals surface area (Å²) in [5, 5.41) is 9.14. The summed E-state index contributed by atoms with van der Waals surface area (Å²) in [4.78, 5) is 6.47. The summed E-state index contributed by atoms with van der Waals surface area (Å²) in [5.41, 5.74) is 2.26. The Balaban J connectivity index is 2.13. The van der Waals surface area contributed by atoms with Crippen molar-refractivity contribution < 1.29 is 0 Å². The van der Waals surface area contributed by atoms with E-state index in [4.69, 9.17) is 5.26 Å². The predicted octanol–water partition coefficient (Wildman–Crippen LogP) is 3.36. The van der Waals surface area contributed by atoms with Gasteiger partial charge in [-0.15, -0.1) is 0 Å². The highest BCUT2D eigenvalue weighted by Crippen LogP contribution is 2.39. The highest BCUT2D eigenvalue weighted by atomic mass is 15.1. The molecule has 0 saturated carbocycles. The fraction of sp³-hybridized carbons (Fsp3) is 0.600. The fourth-order valence-electron chi connectivity index (χ4n) is 2.91. The van der Waals surface area contributed by atoms with Crippen molar-refractivity contribution in [3.63, 3.8) is 0 Å². The van der Waals surface area contributed by atoms with Crippen LogP contribution in [-0.4, -0.2) is 18.1 Å². The molecular formula is C15H21N3. The summed E-state index contributed by atoms with van der Waals surface area (Å²) in [6, 6.07) is 4.06. The average molecular weight is 243 g/mol. The zero-order valence-corrected chi connectivity index (χ0v) is 11.3. The minimum Gasteiger partial charge on any atom is -0.369 e. The largest absolute Gasteiger partial charge is 0.369 e. The third kappa shape index (κ3) is 2.33. The second kappa shape index (κ2) is 5.39. The highest BCUT2D eigenvalue weighted by Gasteiger charge is 2.31. The Hall–Kier alpha value is -1.56. The van der Waals surface area contributed by atoms with E-state index >= 15 is 0 Å². The Morgan fingerprint density at radius 2 is 2.00 bits per heavy atom. The fourth-order valence-corrected chi connectivity index (χ4v) is 2.91. The molecule has 0 N–H and O–H groups in total. The van der Waals surface area contributed by atoms with Crippen molar-refractivity contribution in [2.45, 2.75) is 39.5 Å². The number of hydrogen-bond acceptors (Lipinski definition) is 3. The number of anilines is 1. The molecule has 0 bridgehead atoms. The summed E-state index contributed by atoms with van der Waals surface area (Å²) in [6.45, 7) is 6.68. The first-order chi connectivity index (χ1) is 8.74. The number of piperidine rings is 1. The van der Waals surface area contributed by atoms with Crippen LogP contribution in [0.3, 0.4) is 0 Å². The average Bonchev–Trinajstić information content (AvgIpc) is 2.47. The van der Waals surface area contributed by atoms with Gasteiger partial charge in [0.1, 0.15) is 6.07 Å². The highest BCUT2D eigenvalue weighted by molar-refractivity contribution is 5.57. The molecule has 18 heavy (non-hydrogen) atoms. The van der Waals surface area contributed by atoms with E-state index in [-0.39, 0.29) is 0 Å². The maximum absolute atomic E-state index is 9.14.